The molecule has 0 radical (unpaired) electrons. The predicted molar refractivity (Wildman–Crippen MR) is 80.0 cm³/mol. The monoisotopic (exact) mass is 293 g/mol. The van der Waals surface area contributed by atoms with E-state index < -0.39 is 0 Å². The van der Waals surface area contributed by atoms with E-state index in [-0.39, 0.29) is 12.3 Å². The van der Waals surface area contributed by atoms with Crippen molar-refractivity contribution in [3.8, 4) is 0 Å². The maximum Gasteiger partial charge on any atom is 0.228 e. The van der Waals surface area contributed by atoms with E-state index in [0.717, 1.165) is 16.8 Å². The van der Waals surface area contributed by atoms with Crippen LogP contribution in [0.5, 0.6) is 0 Å². The third kappa shape index (κ3) is 3.98. The summed E-state index contributed by atoms with van der Waals surface area (Å²) in [4.78, 5) is 12.0. The van der Waals surface area contributed by atoms with Crippen LogP contribution in [0.15, 0.2) is 42.5 Å². The van der Waals surface area contributed by atoms with Crippen molar-refractivity contribution in [2.75, 3.05) is 5.32 Å². The van der Waals surface area contributed by atoms with Crippen LogP contribution in [0, 0.1) is 6.92 Å². The molecule has 4 heteroatoms. The summed E-state index contributed by atoms with van der Waals surface area (Å²) in [5, 5.41) is 4.08. The first kappa shape index (κ1) is 13.9. The van der Waals surface area contributed by atoms with E-state index in [1.165, 1.54) is 0 Å². The Hall–Kier alpha value is -1.51. The standard InChI is InChI=1S/C15H13Cl2NO/c1-10-5-6-13(17)9-14(10)18-15(19)8-11-3-2-4-12(16)7-11/h2-7,9H,8H2,1H3,(H,18,19). The van der Waals surface area contributed by atoms with Gasteiger partial charge >= 0.3 is 0 Å². The summed E-state index contributed by atoms with van der Waals surface area (Å²) in [5.41, 5.74) is 2.59. The van der Waals surface area contributed by atoms with Gasteiger partial charge in [0.2, 0.25) is 5.91 Å². The Labute approximate surface area is 122 Å². The lowest BCUT2D eigenvalue weighted by atomic mass is 10.1. The molecule has 19 heavy (non-hydrogen) atoms. The van der Waals surface area contributed by atoms with Crippen LogP contribution >= 0.6 is 23.2 Å². The molecule has 0 fully saturated rings. The van der Waals surface area contributed by atoms with Gasteiger partial charge in [0.15, 0.2) is 0 Å². The fraction of sp³-hybridized carbons (Fsp3) is 0.133. The predicted octanol–water partition coefficient (Wildman–Crippen LogP) is 4.48. The molecule has 1 amide bonds. The number of aryl methyl sites for hydroxylation is 1. The lowest BCUT2D eigenvalue weighted by Gasteiger charge is -2.09. The van der Waals surface area contributed by atoms with Gasteiger partial charge in [0.1, 0.15) is 0 Å². The summed E-state index contributed by atoms with van der Waals surface area (Å²) >= 11 is 11.8. The van der Waals surface area contributed by atoms with Crippen LogP contribution < -0.4 is 5.32 Å². The van der Waals surface area contributed by atoms with Gasteiger partial charge < -0.3 is 5.32 Å². The van der Waals surface area contributed by atoms with Gasteiger partial charge in [-0.1, -0.05) is 41.4 Å². The SMILES string of the molecule is Cc1ccc(Cl)cc1NC(=O)Cc1cccc(Cl)c1. The molecular weight excluding hydrogens is 281 g/mol. The molecule has 0 atom stereocenters. The summed E-state index contributed by atoms with van der Waals surface area (Å²) in [7, 11) is 0. The molecule has 0 bridgehead atoms. The highest BCUT2D eigenvalue weighted by atomic mass is 35.5. The van der Waals surface area contributed by atoms with Gasteiger partial charge in [-0.05, 0) is 42.3 Å². The second kappa shape index (κ2) is 6.09. The number of carbonyl (C=O) groups excluding carboxylic acids is 1. The third-order valence-electron chi connectivity index (χ3n) is 2.73. The average Bonchev–Trinajstić information content (AvgIpc) is 2.34. The Kier molecular flexibility index (Phi) is 4.46. The lowest BCUT2D eigenvalue weighted by molar-refractivity contribution is -0.115. The second-order valence-corrected chi connectivity index (χ2v) is 5.19. The van der Waals surface area contributed by atoms with E-state index in [1.54, 1.807) is 24.3 Å². The number of carbonyl (C=O) groups is 1. The number of anilines is 1. The topological polar surface area (TPSA) is 29.1 Å². The van der Waals surface area contributed by atoms with Crippen molar-refractivity contribution in [1.82, 2.24) is 0 Å². The zero-order chi connectivity index (χ0) is 13.8. The van der Waals surface area contributed by atoms with Crippen LogP contribution in [0.25, 0.3) is 0 Å². The molecule has 0 saturated heterocycles. The normalized spacial score (nSPS) is 10.3. The molecule has 98 valence electrons. The first-order chi connectivity index (χ1) is 9.04. The smallest absolute Gasteiger partial charge is 0.228 e. The minimum atomic E-state index is -0.0902. The number of halogens is 2. The highest BCUT2D eigenvalue weighted by Gasteiger charge is 2.07. The van der Waals surface area contributed by atoms with E-state index in [2.05, 4.69) is 5.32 Å². The molecule has 0 saturated carbocycles. The van der Waals surface area contributed by atoms with Crippen molar-refractivity contribution in [2.24, 2.45) is 0 Å². The van der Waals surface area contributed by atoms with Crippen molar-refractivity contribution in [2.45, 2.75) is 13.3 Å². The molecule has 0 spiro atoms. The molecule has 0 aromatic heterocycles. The van der Waals surface area contributed by atoms with Gasteiger partial charge in [-0.3, -0.25) is 4.79 Å². The first-order valence-corrected chi connectivity index (χ1v) is 6.60. The van der Waals surface area contributed by atoms with Crippen LogP contribution in [0.3, 0.4) is 0 Å². The number of hydrogen-bond acceptors (Lipinski definition) is 1. The zero-order valence-corrected chi connectivity index (χ0v) is 11.9. The quantitative estimate of drug-likeness (QED) is 0.888. The van der Waals surface area contributed by atoms with Crippen molar-refractivity contribution in [3.05, 3.63) is 63.6 Å². The second-order valence-electron chi connectivity index (χ2n) is 4.31. The van der Waals surface area contributed by atoms with Gasteiger partial charge in [-0.15, -0.1) is 0 Å². The zero-order valence-electron chi connectivity index (χ0n) is 10.4. The van der Waals surface area contributed by atoms with Crippen LogP contribution in [0.2, 0.25) is 10.0 Å². The van der Waals surface area contributed by atoms with Crippen molar-refractivity contribution >= 4 is 34.8 Å². The van der Waals surface area contributed by atoms with E-state index in [1.807, 2.05) is 25.1 Å². The molecule has 0 aliphatic heterocycles. The molecule has 2 aromatic carbocycles. The van der Waals surface area contributed by atoms with E-state index in [4.69, 9.17) is 23.2 Å². The van der Waals surface area contributed by atoms with Crippen molar-refractivity contribution < 1.29 is 4.79 Å². The summed E-state index contributed by atoms with van der Waals surface area (Å²) in [5.74, 6) is -0.0902. The fourth-order valence-electron chi connectivity index (χ4n) is 1.76. The molecule has 2 rings (SSSR count). The highest BCUT2D eigenvalue weighted by Crippen LogP contribution is 2.20. The molecular formula is C15H13Cl2NO. The maximum atomic E-state index is 12.0. The van der Waals surface area contributed by atoms with E-state index in [0.29, 0.717) is 10.0 Å². The number of nitrogens with one attached hydrogen (secondary N) is 1. The van der Waals surface area contributed by atoms with Gasteiger partial charge in [0.05, 0.1) is 6.42 Å². The van der Waals surface area contributed by atoms with Crippen LogP contribution in [-0.4, -0.2) is 5.91 Å². The van der Waals surface area contributed by atoms with Crippen LogP contribution in [0.1, 0.15) is 11.1 Å². The third-order valence-corrected chi connectivity index (χ3v) is 3.20. The van der Waals surface area contributed by atoms with Crippen LogP contribution in [-0.2, 0) is 11.2 Å². The van der Waals surface area contributed by atoms with Gasteiger partial charge in [-0.2, -0.15) is 0 Å². The Morgan fingerprint density at radius 3 is 2.58 bits per heavy atom. The molecule has 1 N–H and O–H groups in total. The molecule has 0 unspecified atom stereocenters. The molecule has 2 nitrogen and oxygen atoms in total. The Bertz CT molecular complexity index is 611. The minimum Gasteiger partial charge on any atom is -0.326 e. The summed E-state index contributed by atoms with van der Waals surface area (Å²) < 4.78 is 0. The minimum absolute atomic E-state index is 0.0902. The largest absolute Gasteiger partial charge is 0.326 e. The van der Waals surface area contributed by atoms with Gasteiger partial charge in [0.25, 0.3) is 0 Å². The first-order valence-electron chi connectivity index (χ1n) is 5.85. The maximum absolute atomic E-state index is 12.0. The molecule has 0 heterocycles. The average molecular weight is 294 g/mol. The van der Waals surface area contributed by atoms with Crippen molar-refractivity contribution in [1.29, 1.82) is 0 Å². The Balaban J connectivity index is 2.07. The van der Waals surface area contributed by atoms with E-state index in [9.17, 15) is 4.79 Å². The fourth-order valence-corrected chi connectivity index (χ4v) is 2.14. The summed E-state index contributed by atoms with van der Waals surface area (Å²) in [6.45, 7) is 1.92. The van der Waals surface area contributed by atoms with Crippen LogP contribution in [0.4, 0.5) is 5.69 Å². The number of amides is 1. The van der Waals surface area contributed by atoms with Gasteiger partial charge in [0, 0.05) is 15.7 Å². The molecule has 0 aliphatic carbocycles. The summed E-state index contributed by atoms with van der Waals surface area (Å²) in [6.07, 6.45) is 0.284. The van der Waals surface area contributed by atoms with Gasteiger partial charge in [-0.25, -0.2) is 0 Å². The Morgan fingerprint density at radius 2 is 1.84 bits per heavy atom. The molecule has 2 aromatic rings. The lowest BCUT2D eigenvalue weighted by Crippen LogP contribution is -2.15. The Morgan fingerprint density at radius 1 is 1.11 bits per heavy atom. The molecule has 0 aliphatic rings. The van der Waals surface area contributed by atoms with E-state index >= 15 is 0 Å². The number of benzene rings is 2. The highest BCUT2D eigenvalue weighted by molar-refractivity contribution is 6.31. The number of hydrogen-bond donors (Lipinski definition) is 1. The number of rotatable bonds is 3. The summed E-state index contributed by atoms with van der Waals surface area (Å²) in [6, 6.07) is 12.7. The van der Waals surface area contributed by atoms with Crippen molar-refractivity contribution in [3.63, 3.8) is 0 Å².